The molecule has 0 saturated heterocycles. The van der Waals surface area contributed by atoms with Gasteiger partial charge < -0.3 is 0 Å². The van der Waals surface area contributed by atoms with Crippen molar-refractivity contribution in [2.75, 3.05) is 6.54 Å². The molecule has 141 valence electrons. The molecule has 0 spiro atoms. The second-order valence-electron chi connectivity index (χ2n) is 6.69. The molecule has 2 nitrogen and oxygen atoms in total. The number of fused-ring (bicyclic) bond motifs is 1. The molecule has 3 rings (SSSR count). The van der Waals surface area contributed by atoms with Gasteiger partial charge in [0.1, 0.15) is 0 Å². The van der Waals surface area contributed by atoms with Crippen LogP contribution >= 0.6 is 0 Å². The van der Waals surface area contributed by atoms with Crippen molar-refractivity contribution >= 4 is 10.8 Å². The third-order valence-corrected chi connectivity index (χ3v) is 4.80. The lowest BCUT2D eigenvalue weighted by Crippen LogP contribution is -2.23. The summed E-state index contributed by atoms with van der Waals surface area (Å²) in [6.45, 7) is 2.12. The summed E-state index contributed by atoms with van der Waals surface area (Å²) in [7, 11) is 0. The minimum atomic E-state index is -4.34. The zero-order valence-electron chi connectivity index (χ0n) is 15.0. The number of halogens is 3. The van der Waals surface area contributed by atoms with Crippen LogP contribution in [0.4, 0.5) is 13.2 Å². The smallest absolute Gasteiger partial charge is 0.166 e. The maximum atomic E-state index is 12.8. The van der Waals surface area contributed by atoms with Crippen LogP contribution in [0.2, 0.25) is 0 Å². The molecular formula is C22H21F3NO. The first kappa shape index (κ1) is 19.4. The number of alkyl halides is 3. The first-order chi connectivity index (χ1) is 12.9. The van der Waals surface area contributed by atoms with Gasteiger partial charge in [-0.05, 0) is 47.7 Å². The quantitative estimate of drug-likeness (QED) is 0.473. The molecule has 0 aliphatic rings. The van der Waals surface area contributed by atoms with Crippen LogP contribution in [-0.4, -0.2) is 11.6 Å². The third kappa shape index (κ3) is 4.67. The van der Waals surface area contributed by atoms with Gasteiger partial charge in [-0.2, -0.15) is 13.2 Å². The van der Waals surface area contributed by atoms with Gasteiger partial charge in [0.2, 0.25) is 0 Å². The highest BCUT2D eigenvalue weighted by Crippen LogP contribution is 2.30. The standard InChI is InChI=1S/C22H21F3NO/c1-16(20-13-5-10-18-9-2-3-12-21(18)20)26(27)14-6-8-17-7-4-11-19(15-17)22(23,24)25/h2-5,7,9-13,15-16H,6,8,14H2,1H3/t16-/m1/s1. The molecule has 0 heterocycles. The van der Waals surface area contributed by atoms with E-state index in [1.54, 1.807) is 6.07 Å². The van der Waals surface area contributed by atoms with E-state index in [0.717, 1.165) is 33.5 Å². The van der Waals surface area contributed by atoms with Crippen molar-refractivity contribution in [3.63, 3.8) is 0 Å². The van der Waals surface area contributed by atoms with E-state index in [0.29, 0.717) is 18.4 Å². The van der Waals surface area contributed by atoms with Gasteiger partial charge in [0.15, 0.2) is 0 Å². The van der Waals surface area contributed by atoms with Crippen molar-refractivity contribution < 1.29 is 18.4 Å². The fraction of sp³-hybridized carbons (Fsp3) is 0.273. The Labute approximate surface area is 156 Å². The highest BCUT2D eigenvalue weighted by molar-refractivity contribution is 5.86. The van der Waals surface area contributed by atoms with E-state index in [2.05, 4.69) is 0 Å². The largest absolute Gasteiger partial charge is 0.416 e. The van der Waals surface area contributed by atoms with Gasteiger partial charge in [-0.1, -0.05) is 60.7 Å². The summed E-state index contributed by atoms with van der Waals surface area (Å²) in [5, 5.41) is 15.7. The predicted molar refractivity (Wildman–Crippen MR) is 99.5 cm³/mol. The first-order valence-corrected chi connectivity index (χ1v) is 8.94. The molecule has 3 aromatic rings. The van der Waals surface area contributed by atoms with Gasteiger partial charge in [-0.25, -0.2) is 0 Å². The summed E-state index contributed by atoms with van der Waals surface area (Å²) < 4.78 is 38.3. The van der Waals surface area contributed by atoms with Crippen LogP contribution in [0.15, 0.2) is 66.7 Å². The van der Waals surface area contributed by atoms with E-state index in [4.69, 9.17) is 0 Å². The molecule has 0 N–H and O–H groups in total. The number of aryl methyl sites for hydroxylation is 1. The predicted octanol–water partition coefficient (Wildman–Crippen LogP) is 6.20. The van der Waals surface area contributed by atoms with Gasteiger partial charge in [0.25, 0.3) is 0 Å². The van der Waals surface area contributed by atoms with E-state index in [1.807, 2.05) is 49.4 Å². The van der Waals surface area contributed by atoms with Crippen molar-refractivity contribution in [2.45, 2.75) is 32.0 Å². The van der Waals surface area contributed by atoms with Crippen molar-refractivity contribution in [2.24, 2.45) is 0 Å². The normalized spacial score (nSPS) is 13.3. The molecule has 0 bridgehead atoms. The molecule has 0 unspecified atom stereocenters. The van der Waals surface area contributed by atoms with Gasteiger partial charge in [0, 0.05) is 6.54 Å². The molecule has 0 saturated carbocycles. The zero-order chi connectivity index (χ0) is 19.4. The van der Waals surface area contributed by atoms with Crippen LogP contribution in [0.3, 0.4) is 0 Å². The van der Waals surface area contributed by atoms with E-state index < -0.39 is 11.7 Å². The average molecular weight is 372 g/mol. The van der Waals surface area contributed by atoms with Crippen LogP contribution in [0.5, 0.6) is 0 Å². The number of hydroxylamine groups is 2. The molecule has 27 heavy (non-hydrogen) atoms. The minimum Gasteiger partial charge on any atom is -0.166 e. The lowest BCUT2D eigenvalue weighted by molar-refractivity contribution is -0.185. The molecule has 0 aliphatic heterocycles. The molecule has 0 aliphatic carbocycles. The Morgan fingerprint density at radius 3 is 2.44 bits per heavy atom. The molecule has 0 amide bonds. The summed E-state index contributed by atoms with van der Waals surface area (Å²) in [4.78, 5) is 0. The van der Waals surface area contributed by atoms with Crippen molar-refractivity contribution in [1.29, 1.82) is 0 Å². The molecule has 0 fully saturated rings. The van der Waals surface area contributed by atoms with E-state index >= 15 is 0 Å². The fourth-order valence-corrected chi connectivity index (χ4v) is 3.31. The van der Waals surface area contributed by atoms with Gasteiger partial charge in [0.05, 0.1) is 11.6 Å². The second kappa shape index (κ2) is 8.11. The molecule has 1 atom stereocenters. The van der Waals surface area contributed by atoms with Crippen LogP contribution in [-0.2, 0) is 17.8 Å². The van der Waals surface area contributed by atoms with E-state index in [1.165, 1.54) is 6.07 Å². The lowest BCUT2D eigenvalue weighted by atomic mass is 9.99. The Morgan fingerprint density at radius 2 is 1.67 bits per heavy atom. The summed E-state index contributed by atoms with van der Waals surface area (Å²) in [6, 6.07) is 18.8. The van der Waals surface area contributed by atoms with Gasteiger partial charge in [-0.15, -0.1) is 10.3 Å². The van der Waals surface area contributed by atoms with Crippen LogP contribution in [0.1, 0.15) is 36.1 Å². The Morgan fingerprint density at radius 1 is 0.963 bits per heavy atom. The highest BCUT2D eigenvalue weighted by Gasteiger charge is 2.30. The maximum absolute atomic E-state index is 12.8. The maximum Gasteiger partial charge on any atom is 0.416 e. The number of benzene rings is 3. The number of hydrogen-bond donors (Lipinski definition) is 0. The first-order valence-electron chi connectivity index (χ1n) is 8.94. The Hall–Kier alpha value is -2.37. The number of hydrogen-bond acceptors (Lipinski definition) is 1. The number of nitrogens with zero attached hydrogens (tertiary/aromatic N) is 1. The minimum absolute atomic E-state index is 0.265. The van der Waals surface area contributed by atoms with Gasteiger partial charge >= 0.3 is 6.18 Å². The summed E-state index contributed by atoms with van der Waals surface area (Å²) in [5.41, 5.74) is 0.904. The third-order valence-electron chi connectivity index (χ3n) is 4.80. The second-order valence-corrected chi connectivity index (χ2v) is 6.69. The fourth-order valence-electron chi connectivity index (χ4n) is 3.31. The monoisotopic (exact) mass is 372 g/mol. The summed E-state index contributed by atoms with van der Waals surface area (Å²) in [5.74, 6) is 0. The SMILES string of the molecule is C[C@H](c1cccc2ccccc12)N([O])CCCc1cccc(C(F)(F)F)c1. The van der Waals surface area contributed by atoms with Crippen molar-refractivity contribution in [3.05, 3.63) is 83.4 Å². The molecule has 0 aromatic heterocycles. The Kier molecular flexibility index (Phi) is 5.82. The molecule has 5 heteroatoms. The lowest BCUT2D eigenvalue weighted by Gasteiger charge is -2.22. The Bertz CT molecular complexity index is 902. The average Bonchev–Trinajstić information content (AvgIpc) is 2.66. The van der Waals surface area contributed by atoms with E-state index in [9.17, 15) is 18.4 Å². The van der Waals surface area contributed by atoms with Crippen molar-refractivity contribution in [3.8, 4) is 0 Å². The number of rotatable bonds is 6. The summed E-state index contributed by atoms with van der Waals surface area (Å²) >= 11 is 0. The molecule has 1 radical (unpaired) electrons. The zero-order valence-corrected chi connectivity index (χ0v) is 15.0. The van der Waals surface area contributed by atoms with Crippen LogP contribution < -0.4 is 0 Å². The topological polar surface area (TPSA) is 23.1 Å². The van der Waals surface area contributed by atoms with Crippen molar-refractivity contribution in [1.82, 2.24) is 5.06 Å². The molecular weight excluding hydrogens is 351 g/mol. The van der Waals surface area contributed by atoms with Gasteiger partial charge in [-0.3, -0.25) is 0 Å². The van der Waals surface area contributed by atoms with Crippen LogP contribution in [0, 0.1) is 0 Å². The van der Waals surface area contributed by atoms with Crippen LogP contribution in [0.25, 0.3) is 10.8 Å². The summed E-state index contributed by atoms with van der Waals surface area (Å²) in [6.07, 6.45) is -3.41. The molecule has 3 aromatic carbocycles. The van der Waals surface area contributed by atoms with E-state index in [-0.39, 0.29) is 12.6 Å². The highest BCUT2D eigenvalue weighted by atomic mass is 19.4. The Balaban J connectivity index is 1.63.